The monoisotopic (exact) mass is 283 g/mol. The van der Waals surface area contributed by atoms with Crippen LogP contribution in [0.4, 0.5) is 0 Å². The largest absolute Gasteiger partial charge is 0.370 e. The van der Waals surface area contributed by atoms with E-state index in [1.54, 1.807) is 0 Å². The number of hydrogen-bond acceptors (Lipinski definition) is 3. The van der Waals surface area contributed by atoms with Crippen molar-refractivity contribution in [3.63, 3.8) is 0 Å². The second kappa shape index (κ2) is 6.64. The number of thioether (sulfide) groups is 1. The average Bonchev–Trinajstić information content (AvgIpc) is 2.76. The van der Waals surface area contributed by atoms with Gasteiger partial charge in [-0.25, -0.2) is 0 Å². The summed E-state index contributed by atoms with van der Waals surface area (Å²) in [6, 6.07) is 0. The number of unbranched alkanes of at least 4 members (excludes halogenated alkanes) is 1. The van der Waals surface area contributed by atoms with Gasteiger partial charge in [-0.3, -0.25) is 9.79 Å². The molecule has 1 heterocycles. The van der Waals surface area contributed by atoms with Crippen LogP contribution in [0.5, 0.6) is 0 Å². The molecular weight excluding hydrogens is 258 g/mol. The maximum Gasteiger partial charge on any atom is 0.217 e. The number of rotatable bonds is 5. The molecule has 2 fully saturated rings. The van der Waals surface area contributed by atoms with Gasteiger partial charge in [0.25, 0.3) is 0 Å². The maximum atomic E-state index is 10.6. The molecule has 0 atom stereocenters. The number of amides is 1. The smallest absolute Gasteiger partial charge is 0.217 e. The number of nitrogens with zero attached hydrogens (tertiary/aromatic N) is 1. The molecule has 0 radical (unpaired) electrons. The van der Waals surface area contributed by atoms with Gasteiger partial charge in [0.1, 0.15) is 0 Å². The van der Waals surface area contributed by atoms with Crippen LogP contribution in [0.1, 0.15) is 51.9 Å². The number of amidine groups is 1. The Hall–Kier alpha value is -0.710. The van der Waals surface area contributed by atoms with Gasteiger partial charge in [-0.15, -0.1) is 0 Å². The van der Waals surface area contributed by atoms with E-state index in [2.05, 4.69) is 17.2 Å². The molecule has 0 aromatic heterocycles. The summed E-state index contributed by atoms with van der Waals surface area (Å²) in [7, 11) is 0. The number of nitrogens with one attached hydrogen (secondary N) is 1. The van der Waals surface area contributed by atoms with Gasteiger partial charge in [0.15, 0.2) is 5.17 Å². The molecule has 0 aromatic carbocycles. The van der Waals surface area contributed by atoms with E-state index in [1.807, 2.05) is 11.8 Å². The minimum absolute atomic E-state index is 0.212. The molecule has 0 unspecified atom stereocenters. The first-order valence-corrected chi connectivity index (χ1v) is 8.32. The van der Waals surface area contributed by atoms with Gasteiger partial charge >= 0.3 is 0 Å². The summed E-state index contributed by atoms with van der Waals surface area (Å²) in [6.45, 7) is 3.15. The highest BCUT2D eigenvalue weighted by atomic mass is 32.2. The molecule has 5 heteroatoms. The molecule has 0 bridgehead atoms. The number of carbonyl (C=O) groups excluding carboxylic acids is 1. The van der Waals surface area contributed by atoms with Crippen molar-refractivity contribution in [2.45, 2.75) is 57.4 Å². The fraction of sp³-hybridized carbons (Fsp3) is 0.857. The summed E-state index contributed by atoms with van der Waals surface area (Å²) in [5, 5.41) is 4.75. The van der Waals surface area contributed by atoms with Crippen LogP contribution in [0, 0.1) is 5.92 Å². The number of nitrogens with two attached hydrogens (primary N) is 1. The summed E-state index contributed by atoms with van der Waals surface area (Å²) in [6.07, 6.45) is 7.49. The lowest BCUT2D eigenvalue weighted by Gasteiger charge is -2.35. The summed E-state index contributed by atoms with van der Waals surface area (Å²) >= 11 is 1.86. The van der Waals surface area contributed by atoms with Gasteiger partial charge in [0.05, 0.1) is 0 Å². The van der Waals surface area contributed by atoms with Gasteiger partial charge < -0.3 is 11.1 Å². The molecule has 4 nitrogen and oxygen atoms in total. The van der Waals surface area contributed by atoms with Gasteiger partial charge in [-0.2, -0.15) is 0 Å². The zero-order valence-corrected chi connectivity index (χ0v) is 12.6. The van der Waals surface area contributed by atoms with Crippen molar-refractivity contribution >= 4 is 22.8 Å². The van der Waals surface area contributed by atoms with E-state index in [1.165, 1.54) is 31.4 Å². The van der Waals surface area contributed by atoms with Crippen LogP contribution in [0.3, 0.4) is 0 Å². The second-order valence-electron chi connectivity index (χ2n) is 5.99. The molecule has 1 saturated carbocycles. The quantitative estimate of drug-likeness (QED) is 0.761. The highest BCUT2D eigenvalue weighted by molar-refractivity contribution is 8.14. The fourth-order valence-electron chi connectivity index (χ4n) is 2.77. The van der Waals surface area contributed by atoms with Crippen molar-refractivity contribution in [3.8, 4) is 0 Å². The Morgan fingerprint density at radius 2 is 2.21 bits per heavy atom. The van der Waals surface area contributed by atoms with Crippen LogP contribution in [0.15, 0.2) is 4.99 Å². The summed E-state index contributed by atoms with van der Waals surface area (Å²) < 4.78 is 0. The van der Waals surface area contributed by atoms with Crippen LogP contribution >= 0.6 is 11.8 Å². The van der Waals surface area contributed by atoms with Gasteiger partial charge in [-0.1, -0.05) is 18.7 Å². The average molecular weight is 283 g/mol. The third-order valence-corrected chi connectivity index (χ3v) is 5.38. The SMILES string of the molecule is CC1CCC2(CC1)CSC(=NCCCCC(N)=O)N2. The Balaban J connectivity index is 1.71. The highest BCUT2D eigenvalue weighted by Crippen LogP contribution is 2.38. The first-order chi connectivity index (χ1) is 9.10. The number of hydrogen-bond donors (Lipinski definition) is 2. The molecule has 2 aliphatic rings. The molecule has 1 saturated heterocycles. The van der Waals surface area contributed by atoms with Gasteiger partial charge in [0, 0.05) is 24.3 Å². The topological polar surface area (TPSA) is 67.5 Å². The molecular formula is C14H25N3OS. The van der Waals surface area contributed by atoms with Crippen molar-refractivity contribution in [3.05, 3.63) is 0 Å². The Labute approximate surface area is 120 Å². The van der Waals surface area contributed by atoms with E-state index < -0.39 is 0 Å². The summed E-state index contributed by atoms with van der Waals surface area (Å²) in [4.78, 5) is 15.2. The van der Waals surface area contributed by atoms with Crippen LogP contribution in [-0.2, 0) is 4.79 Å². The Morgan fingerprint density at radius 1 is 1.47 bits per heavy atom. The third kappa shape index (κ3) is 4.41. The zero-order chi connectivity index (χ0) is 13.7. The molecule has 2 rings (SSSR count). The molecule has 19 heavy (non-hydrogen) atoms. The van der Waals surface area contributed by atoms with Crippen LogP contribution in [0.25, 0.3) is 0 Å². The maximum absolute atomic E-state index is 10.6. The summed E-state index contributed by atoms with van der Waals surface area (Å²) in [5.74, 6) is 1.84. The fourth-order valence-corrected chi connectivity index (χ4v) is 4.01. The van der Waals surface area contributed by atoms with Crippen LogP contribution in [-0.4, -0.2) is 28.9 Å². The minimum atomic E-state index is -0.212. The van der Waals surface area contributed by atoms with Crippen molar-refractivity contribution in [1.82, 2.24) is 5.32 Å². The molecule has 0 aromatic rings. The lowest BCUT2D eigenvalue weighted by molar-refractivity contribution is -0.118. The number of carbonyl (C=O) groups is 1. The van der Waals surface area contributed by atoms with Crippen molar-refractivity contribution < 1.29 is 4.79 Å². The molecule has 1 aliphatic carbocycles. The van der Waals surface area contributed by atoms with E-state index in [0.717, 1.165) is 30.5 Å². The molecule has 1 aliphatic heterocycles. The lowest BCUT2D eigenvalue weighted by Crippen LogP contribution is -2.46. The number of primary amides is 1. The van der Waals surface area contributed by atoms with Crippen molar-refractivity contribution in [2.75, 3.05) is 12.3 Å². The van der Waals surface area contributed by atoms with Crippen LogP contribution in [0.2, 0.25) is 0 Å². The first kappa shape index (κ1) is 14.7. The lowest BCUT2D eigenvalue weighted by atomic mass is 9.78. The van der Waals surface area contributed by atoms with E-state index >= 15 is 0 Å². The Kier molecular flexibility index (Phi) is 5.13. The van der Waals surface area contributed by atoms with Crippen molar-refractivity contribution in [2.24, 2.45) is 16.6 Å². The standard InChI is InChI=1S/C14H25N3OS/c1-11-5-7-14(8-6-11)10-19-13(17-14)16-9-3-2-4-12(15)18/h11H,2-10H2,1H3,(H2,15,18)(H,16,17). The Morgan fingerprint density at radius 3 is 2.89 bits per heavy atom. The molecule has 1 spiro atoms. The minimum Gasteiger partial charge on any atom is -0.370 e. The normalized spacial score (nSPS) is 32.7. The highest BCUT2D eigenvalue weighted by Gasteiger charge is 2.39. The second-order valence-corrected chi connectivity index (χ2v) is 6.95. The van der Waals surface area contributed by atoms with E-state index in [4.69, 9.17) is 5.73 Å². The van der Waals surface area contributed by atoms with Crippen molar-refractivity contribution in [1.29, 1.82) is 0 Å². The van der Waals surface area contributed by atoms with Gasteiger partial charge in [0.2, 0.25) is 5.91 Å². The predicted molar refractivity (Wildman–Crippen MR) is 81.3 cm³/mol. The third-order valence-electron chi connectivity index (χ3n) is 4.18. The number of aliphatic imine (C=N–C) groups is 1. The molecule has 3 N–H and O–H groups in total. The summed E-state index contributed by atoms with van der Waals surface area (Å²) in [5.41, 5.74) is 5.43. The molecule has 108 valence electrons. The van der Waals surface area contributed by atoms with Crippen LogP contribution < -0.4 is 11.1 Å². The Bertz CT molecular complexity index is 349. The first-order valence-electron chi connectivity index (χ1n) is 7.33. The van der Waals surface area contributed by atoms with E-state index in [9.17, 15) is 4.79 Å². The van der Waals surface area contributed by atoms with E-state index in [0.29, 0.717) is 12.0 Å². The predicted octanol–water partition coefficient (Wildman–Crippen LogP) is 2.28. The molecule has 1 amide bonds. The van der Waals surface area contributed by atoms with Gasteiger partial charge in [-0.05, 0) is 44.4 Å². The zero-order valence-electron chi connectivity index (χ0n) is 11.8. The van der Waals surface area contributed by atoms with E-state index in [-0.39, 0.29) is 5.91 Å².